The zero-order valence-corrected chi connectivity index (χ0v) is 21.4. The predicted molar refractivity (Wildman–Crippen MR) is 113 cm³/mol. The van der Waals surface area contributed by atoms with Crippen LogP contribution in [0.2, 0.25) is 0 Å². The number of likely N-dealkylation sites (tertiary alicyclic amines) is 1. The second-order valence-electron chi connectivity index (χ2n) is 6.12. The van der Waals surface area contributed by atoms with Crippen LogP contribution in [0.4, 0.5) is 0 Å². The van der Waals surface area contributed by atoms with Crippen LogP contribution in [0.15, 0.2) is 24.3 Å². The maximum atomic E-state index is 11.7. The quantitative estimate of drug-likeness (QED) is 0.421. The van der Waals surface area contributed by atoms with Gasteiger partial charge in [-0.3, -0.25) is 14.9 Å². The third kappa shape index (κ3) is 12.6. The van der Waals surface area contributed by atoms with E-state index in [-0.39, 0.29) is 39.3 Å². The Balaban J connectivity index is 0. The number of carbonyl (C=O) groups is 3. The second kappa shape index (κ2) is 18.5. The Morgan fingerprint density at radius 1 is 1.10 bits per heavy atom. The van der Waals surface area contributed by atoms with Gasteiger partial charge in [-0.25, -0.2) is 0 Å². The van der Waals surface area contributed by atoms with Crippen molar-refractivity contribution in [1.82, 2.24) is 15.5 Å². The molecular weight excluding hydrogens is 538 g/mol. The van der Waals surface area contributed by atoms with Crippen LogP contribution in [0.3, 0.4) is 0 Å². The topological polar surface area (TPSA) is 78.5 Å². The molecule has 1 aromatic carbocycles. The summed E-state index contributed by atoms with van der Waals surface area (Å²) in [7, 11) is 2.19. The van der Waals surface area contributed by atoms with E-state index in [1.807, 2.05) is 27.7 Å². The Morgan fingerprint density at radius 2 is 1.72 bits per heavy atom. The Bertz CT molecular complexity index is 576. The molecule has 3 rings (SSSR count). The number of amides is 3. The minimum Gasteiger partial charge on any atom is -0.381 e. The average Bonchev–Trinajstić information content (AvgIpc) is 2.75. The van der Waals surface area contributed by atoms with Crippen molar-refractivity contribution in [3.8, 4) is 0 Å². The van der Waals surface area contributed by atoms with Crippen LogP contribution < -0.4 is 10.6 Å². The summed E-state index contributed by atoms with van der Waals surface area (Å²) in [6, 6.07) is 8.83. The minimum atomic E-state index is -0.645. The maximum Gasteiger partial charge on any atom is 0.248 e. The molecule has 164 valence electrons. The Hall–Kier alpha value is -1.52. The van der Waals surface area contributed by atoms with Gasteiger partial charge in [0.05, 0.1) is 0 Å². The summed E-state index contributed by atoms with van der Waals surface area (Å²) in [6.07, 6.45) is 4.86. The first-order chi connectivity index (χ1) is 13.6. The summed E-state index contributed by atoms with van der Waals surface area (Å²) >= 11 is 0. The molecule has 2 heterocycles. The first kappa shape index (κ1) is 29.7. The SMILES string of the molecule is CC.CC.CN1CCCCC1.O=C1CCC(NC(=O)c2[c-]cccc2)C(=O)N1.[W]. The number of nitrogens with one attached hydrogen (secondary N) is 2. The molecule has 1 aromatic rings. The molecule has 0 spiro atoms. The number of hydrogen-bond donors (Lipinski definition) is 2. The Kier molecular flexibility index (Phi) is 18.9. The second-order valence-corrected chi connectivity index (χ2v) is 6.12. The molecule has 29 heavy (non-hydrogen) atoms. The van der Waals surface area contributed by atoms with Gasteiger partial charge < -0.3 is 15.0 Å². The number of benzene rings is 1. The number of nitrogens with zero attached hydrogens (tertiary/aromatic N) is 1. The molecule has 1 unspecified atom stereocenters. The van der Waals surface area contributed by atoms with Gasteiger partial charge >= 0.3 is 0 Å². The van der Waals surface area contributed by atoms with Gasteiger partial charge in [0.2, 0.25) is 11.8 Å². The van der Waals surface area contributed by atoms with Gasteiger partial charge in [-0.05, 0) is 39.4 Å². The van der Waals surface area contributed by atoms with Crippen LogP contribution in [0, 0.1) is 6.07 Å². The van der Waals surface area contributed by atoms with Gasteiger partial charge in [-0.2, -0.15) is 0 Å². The molecule has 2 saturated heterocycles. The first-order valence-corrected chi connectivity index (χ1v) is 10.4. The van der Waals surface area contributed by atoms with Crippen LogP contribution in [0.25, 0.3) is 0 Å². The van der Waals surface area contributed by atoms with Crippen molar-refractivity contribution in [2.45, 2.75) is 65.8 Å². The third-order valence-electron chi connectivity index (χ3n) is 4.08. The molecule has 0 aliphatic carbocycles. The summed E-state index contributed by atoms with van der Waals surface area (Å²) in [5.74, 6) is -1.11. The fourth-order valence-electron chi connectivity index (χ4n) is 2.65. The van der Waals surface area contributed by atoms with E-state index in [9.17, 15) is 14.4 Å². The molecule has 0 bridgehead atoms. The standard InChI is InChI=1S/C12H11N2O3.C6H13N.2C2H6.W/c15-10-7-6-9(12(17)14-10)13-11(16)8-4-2-1-3-5-8;1-7-5-3-2-4-6-7;2*1-2;/h1-4,9H,6-7H2,(H,13,16)(H,14,15,17);2-6H2,1H3;2*1-2H3;/q-1;;;;. The van der Waals surface area contributed by atoms with Crippen LogP contribution in [0.5, 0.6) is 0 Å². The van der Waals surface area contributed by atoms with Gasteiger partial charge in [0.25, 0.3) is 0 Å². The number of hydrogen-bond acceptors (Lipinski definition) is 4. The van der Waals surface area contributed by atoms with E-state index in [1.54, 1.807) is 24.3 Å². The Labute approximate surface area is 190 Å². The number of piperidine rings is 2. The largest absolute Gasteiger partial charge is 0.381 e. The van der Waals surface area contributed by atoms with Crippen molar-refractivity contribution >= 4 is 17.7 Å². The molecule has 0 saturated carbocycles. The van der Waals surface area contributed by atoms with Crippen molar-refractivity contribution in [2.75, 3.05) is 20.1 Å². The summed E-state index contributed by atoms with van der Waals surface area (Å²) < 4.78 is 0. The molecule has 2 N–H and O–H groups in total. The molecule has 0 radical (unpaired) electrons. The van der Waals surface area contributed by atoms with E-state index in [1.165, 1.54) is 32.4 Å². The molecular formula is C22H36N3O3W-. The molecule has 1 atom stereocenters. The van der Waals surface area contributed by atoms with Crippen molar-refractivity contribution < 1.29 is 35.4 Å². The molecule has 7 heteroatoms. The number of carbonyl (C=O) groups excluding carboxylic acids is 3. The van der Waals surface area contributed by atoms with Gasteiger partial charge in [-0.15, -0.1) is 30.3 Å². The van der Waals surface area contributed by atoms with Crippen molar-refractivity contribution in [3.63, 3.8) is 0 Å². The predicted octanol–water partition coefficient (Wildman–Crippen LogP) is 3.17. The number of rotatable bonds is 2. The van der Waals surface area contributed by atoms with Crippen LogP contribution >= 0.6 is 0 Å². The van der Waals surface area contributed by atoms with Crippen LogP contribution in [-0.2, 0) is 30.7 Å². The van der Waals surface area contributed by atoms with Crippen LogP contribution in [-0.4, -0.2) is 48.8 Å². The molecule has 3 amide bonds. The zero-order chi connectivity index (χ0) is 21.4. The smallest absolute Gasteiger partial charge is 0.248 e. The van der Waals surface area contributed by atoms with Crippen molar-refractivity contribution in [2.24, 2.45) is 0 Å². The minimum absolute atomic E-state index is 0. The van der Waals surface area contributed by atoms with Gasteiger partial charge in [0.15, 0.2) is 5.91 Å². The summed E-state index contributed by atoms with van der Waals surface area (Å²) in [6.45, 7) is 10.6. The average molecular weight is 574 g/mol. The van der Waals surface area contributed by atoms with Crippen molar-refractivity contribution in [3.05, 3.63) is 35.9 Å². The van der Waals surface area contributed by atoms with Gasteiger partial charge in [0, 0.05) is 27.5 Å². The molecule has 2 aliphatic heterocycles. The maximum absolute atomic E-state index is 11.7. The van der Waals surface area contributed by atoms with Gasteiger partial charge in [0.1, 0.15) is 6.04 Å². The summed E-state index contributed by atoms with van der Waals surface area (Å²) in [4.78, 5) is 36.5. The number of imide groups is 1. The Morgan fingerprint density at radius 3 is 2.17 bits per heavy atom. The van der Waals surface area contributed by atoms with E-state index in [0.29, 0.717) is 12.0 Å². The van der Waals surface area contributed by atoms with E-state index >= 15 is 0 Å². The summed E-state index contributed by atoms with van der Waals surface area (Å²) in [5.41, 5.74) is 0.372. The third-order valence-corrected chi connectivity index (χ3v) is 4.08. The summed E-state index contributed by atoms with van der Waals surface area (Å²) in [5, 5.41) is 4.75. The fourth-order valence-corrected chi connectivity index (χ4v) is 2.65. The van der Waals surface area contributed by atoms with E-state index in [2.05, 4.69) is 28.6 Å². The van der Waals surface area contributed by atoms with E-state index in [4.69, 9.17) is 0 Å². The van der Waals surface area contributed by atoms with Gasteiger partial charge in [-0.1, -0.05) is 39.7 Å². The zero-order valence-electron chi connectivity index (χ0n) is 18.4. The molecule has 0 aromatic heterocycles. The fraction of sp³-hybridized carbons (Fsp3) is 0.591. The first-order valence-electron chi connectivity index (χ1n) is 10.4. The molecule has 6 nitrogen and oxygen atoms in total. The normalized spacial score (nSPS) is 18.0. The van der Waals surface area contributed by atoms with E-state index < -0.39 is 11.9 Å². The van der Waals surface area contributed by atoms with E-state index in [0.717, 1.165) is 0 Å². The van der Waals surface area contributed by atoms with Crippen LogP contribution in [0.1, 0.15) is 70.2 Å². The molecule has 2 aliphatic rings. The van der Waals surface area contributed by atoms with Crippen molar-refractivity contribution in [1.29, 1.82) is 0 Å². The monoisotopic (exact) mass is 574 g/mol. The molecule has 2 fully saturated rings.